The van der Waals surface area contributed by atoms with Crippen LogP contribution in [0.1, 0.15) is 13.3 Å². The number of esters is 1. The Morgan fingerprint density at radius 3 is 2.80 bits per heavy atom. The molecule has 1 heterocycles. The predicted molar refractivity (Wildman–Crippen MR) is 50.6 cm³/mol. The van der Waals surface area contributed by atoms with Crippen LogP contribution in [0.25, 0.3) is 0 Å². The molecule has 5 heteroatoms. The van der Waals surface area contributed by atoms with Crippen LogP contribution in [0.5, 0.6) is 0 Å². The van der Waals surface area contributed by atoms with Crippen LogP contribution in [0, 0.1) is 11.3 Å². The number of hydrogen-bond acceptors (Lipinski definition) is 5. The second-order valence-corrected chi connectivity index (χ2v) is 2.88. The minimum Gasteiger partial charge on any atom is -0.462 e. The molecule has 1 aliphatic heterocycles. The molecular formula is C10H13NO4. The van der Waals surface area contributed by atoms with Crippen molar-refractivity contribution >= 4 is 5.97 Å². The van der Waals surface area contributed by atoms with Crippen LogP contribution in [-0.4, -0.2) is 32.1 Å². The van der Waals surface area contributed by atoms with E-state index < -0.39 is 12.3 Å². The Bertz CT molecular complexity index is 286. The summed E-state index contributed by atoms with van der Waals surface area (Å²) in [6.07, 6.45) is 1.56. The van der Waals surface area contributed by atoms with E-state index in [1.54, 1.807) is 13.0 Å². The van der Waals surface area contributed by atoms with Crippen molar-refractivity contribution in [2.24, 2.45) is 0 Å². The molecule has 1 aliphatic rings. The Morgan fingerprint density at radius 2 is 2.27 bits per heavy atom. The first kappa shape index (κ1) is 11.7. The lowest BCUT2D eigenvalue weighted by atomic mass is 10.2. The quantitative estimate of drug-likeness (QED) is 0.391. The molecule has 0 aromatic rings. The second-order valence-electron chi connectivity index (χ2n) is 2.88. The topological polar surface area (TPSA) is 68.6 Å². The molecule has 0 aromatic heterocycles. The highest BCUT2D eigenvalue weighted by molar-refractivity contribution is 5.92. The van der Waals surface area contributed by atoms with Gasteiger partial charge in [-0.2, -0.15) is 5.26 Å². The summed E-state index contributed by atoms with van der Waals surface area (Å²) < 4.78 is 15.1. The number of carbonyl (C=O) groups is 1. The van der Waals surface area contributed by atoms with Crippen LogP contribution in [-0.2, 0) is 19.0 Å². The highest BCUT2D eigenvalue weighted by Gasteiger charge is 2.16. The second kappa shape index (κ2) is 6.17. The van der Waals surface area contributed by atoms with E-state index >= 15 is 0 Å². The van der Waals surface area contributed by atoms with Crippen molar-refractivity contribution in [1.82, 2.24) is 0 Å². The molecule has 5 nitrogen and oxygen atoms in total. The molecule has 1 saturated heterocycles. The zero-order chi connectivity index (χ0) is 11.1. The number of nitriles is 1. The number of ether oxygens (including phenoxy) is 3. The van der Waals surface area contributed by atoms with E-state index in [-0.39, 0.29) is 12.2 Å². The molecule has 0 bridgehead atoms. The maximum Gasteiger partial charge on any atom is 0.348 e. The molecule has 15 heavy (non-hydrogen) atoms. The zero-order valence-electron chi connectivity index (χ0n) is 8.56. The number of rotatable bonds is 3. The lowest BCUT2D eigenvalue weighted by Gasteiger charge is -2.20. The highest BCUT2D eigenvalue weighted by atomic mass is 16.7. The molecule has 82 valence electrons. The van der Waals surface area contributed by atoms with Crippen LogP contribution < -0.4 is 0 Å². The van der Waals surface area contributed by atoms with Gasteiger partial charge >= 0.3 is 5.97 Å². The van der Waals surface area contributed by atoms with Crippen LogP contribution in [0.2, 0.25) is 0 Å². The van der Waals surface area contributed by atoms with Gasteiger partial charge in [0.1, 0.15) is 11.6 Å². The maximum absolute atomic E-state index is 11.2. The fourth-order valence-corrected chi connectivity index (χ4v) is 1.10. The van der Waals surface area contributed by atoms with Crippen LogP contribution in [0.4, 0.5) is 0 Å². The van der Waals surface area contributed by atoms with Crippen LogP contribution >= 0.6 is 0 Å². The first-order chi connectivity index (χ1) is 7.27. The molecular weight excluding hydrogens is 198 g/mol. The van der Waals surface area contributed by atoms with Gasteiger partial charge < -0.3 is 14.2 Å². The molecule has 0 aliphatic carbocycles. The molecule has 1 rings (SSSR count). The molecule has 1 fully saturated rings. The summed E-state index contributed by atoms with van der Waals surface area (Å²) in [4.78, 5) is 11.2. The van der Waals surface area contributed by atoms with Crippen LogP contribution in [0.3, 0.4) is 0 Å². The summed E-state index contributed by atoms with van der Waals surface area (Å²) in [5, 5.41) is 8.72. The zero-order valence-corrected chi connectivity index (χ0v) is 8.56. The lowest BCUT2D eigenvalue weighted by Crippen LogP contribution is -2.24. The molecule has 0 spiro atoms. The molecule has 0 radical (unpaired) electrons. The van der Waals surface area contributed by atoms with E-state index in [1.807, 2.05) is 0 Å². The van der Waals surface area contributed by atoms with Gasteiger partial charge in [0.25, 0.3) is 0 Å². The van der Waals surface area contributed by atoms with Gasteiger partial charge in [0, 0.05) is 0 Å². The van der Waals surface area contributed by atoms with Gasteiger partial charge in [-0.15, -0.1) is 0 Å². The Kier molecular flexibility index (Phi) is 4.81. The van der Waals surface area contributed by atoms with Crippen molar-refractivity contribution in [3.63, 3.8) is 0 Å². The number of nitrogens with zero attached hydrogens (tertiary/aromatic N) is 1. The van der Waals surface area contributed by atoms with Crippen molar-refractivity contribution in [2.75, 3.05) is 19.8 Å². The van der Waals surface area contributed by atoms with Gasteiger partial charge in [-0.1, -0.05) is 0 Å². The summed E-state index contributed by atoms with van der Waals surface area (Å²) in [6, 6.07) is 1.76. The van der Waals surface area contributed by atoms with Crippen LogP contribution in [0.15, 0.2) is 11.6 Å². The van der Waals surface area contributed by atoms with E-state index in [0.29, 0.717) is 13.2 Å². The molecule has 0 unspecified atom stereocenters. The number of hydrogen-bond donors (Lipinski definition) is 0. The third kappa shape index (κ3) is 3.70. The summed E-state index contributed by atoms with van der Waals surface area (Å²) >= 11 is 0. The fourth-order valence-electron chi connectivity index (χ4n) is 1.10. The Hall–Kier alpha value is -1.38. The van der Waals surface area contributed by atoms with E-state index in [2.05, 4.69) is 0 Å². The Labute approximate surface area is 88.2 Å². The molecule has 0 atom stereocenters. The largest absolute Gasteiger partial charge is 0.462 e. The Balaban J connectivity index is 2.60. The van der Waals surface area contributed by atoms with Crippen molar-refractivity contribution in [1.29, 1.82) is 5.26 Å². The van der Waals surface area contributed by atoms with Gasteiger partial charge in [-0.25, -0.2) is 4.79 Å². The average molecular weight is 211 g/mol. The fraction of sp³-hybridized carbons (Fsp3) is 0.600. The van der Waals surface area contributed by atoms with E-state index in [1.165, 1.54) is 6.08 Å². The minimum absolute atomic E-state index is 0.0799. The van der Waals surface area contributed by atoms with E-state index in [4.69, 9.17) is 19.5 Å². The van der Waals surface area contributed by atoms with Crippen molar-refractivity contribution < 1.29 is 19.0 Å². The van der Waals surface area contributed by atoms with Gasteiger partial charge in [0.2, 0.25) is 0 Å². The molecule has 0 amide bonds. The third-order valence-electron chi connectivity index (χ3n) is 1.77. The average Bonchev–Trinajstić information content (AvgIpc) is 2.27. The van der Waals surface area contributed by atoms with E-state index in [9.17, 15) is 4.79 Å². The van der Waals surface area contributed by atoms with Crippen molar-refractivity contribution in [3.05, 3.63) is 11.6 Å². The lowest BCUT2D eigenvalue weighted by molar-refractivity contribution is -0.151. The predicted octanol–water partition coefficient (Wildman–Crippen LogP) is 0.762. The number of carbonyl (C=O) groups excluding carboxylic acids is 1. The van der Waals surface area contributed by atoms with Gasteiger partial charge in [0.05, 0.1) is 19.8 Å². The Morgan fingerprint density at radius 1 is 1.60 bits per heavy atom. The minimum atomic E-state index is -0.641. The summed E-state index contributed by atoms with van der Waals surface area (Å²) in [5.74, 6) is -0.641. The smallest absolute Gasteiger partial charge is 0.348 e. The van der Waals surface area contributed by atoms with Gasteiger partial charge in [-0.05, 0) is 19.4 Å². The summed E-state index contributed by atoms with van der Waals surface area (Å²) in [7, 11) is 0. The molecule has 0 saturated carbocycles. The third-order valence-corrected chi connectivity index (χ3v) is 1.77. The summed E-state index contributed by atoms with van der Waals surface area (Å²) in [6.45, 7) is 3.07. The monoisotopic (exact) mass is 211 g/mol. The highest BCUT2D eigenvalue weighted by Crippen LogP contribution is 2.09. The molecule has 0 aromatic carbocycles. The van der Waals surface area contributed by atoms with E-state index in [0.717, 1.165) is 6.42 Å². The van der Waals surface area contributed by atoms with Gasteiger partial charge in [0.15, 0.2) is 6.29 Å². The molecule has 0 N–H and O–H groups in total. The standard InChI is InChI=1S/C10H13NO4/c1-2-13-10(12)8(7-11)6-9-14-4-3-5-15-9/h6,9H,2-5H2,1H3. The first-order valence-corrected chi connectivity index (χ1v) is 4.80. The summed E-state index contributed by atoms with van der Waals surface area (Å²) in [5.41, 5.74) is -0.0799. The van der Waals surface area contributed by atoms with Crippen molar-refractivity contribution in [2.45, 2.75) is 19.6 Å². The maximum atomic E-state index is 11.2. The SMILES string of the molecule is CCOC(=O)C(C#N)=CC1OCCCO1. The normalized spacial score (nSPS) is 18.3. The first-order valence-electron chi connectivity index (χ1n) is 4.80. The van der Waals surface area contributed by atoms with Crippen molar-refractivity contribution in [3.8, 4) is 6.07 Å². The van der Waals surface area contributed by atoms with Gasteiger partial charge in [-0.3, -0.25) is 0 Å².